The zero-order chi connectivity index (χ0) is 18.7. The van der Waals surface area contributed by atoms with E-state index in [0.29, 0.717) is 17.1 Å². The minimum atomic E-state index is -0.139. The van der Waals surface area contributed by atoms with Crippen LogP contribution in [0.25, 0.3) is 11.3 Å². The van der Waals surface area contributed by atoms with Crippen LogP contribution in [0.3, 0.4) is 0 Å². The first-order chi connectivity index (χ1) is 12.4. The zero-order valence-corrected chi connectivity index (χ0v) is 16.2. The molecule has 0 bridgehead atoms. The highest BCUT2D eigenvalue weighted by Gasteiger charge is 2.13. The highest BCUT2D eigenvalue weighted by atomic mass is 32.1. The SMILES string of the molecule is Cc1nnsc1C(=O)NCc1ccc(-c2cc(CN(C)C)n(C)n2)cc1. The largest absolute Gasteiger partial charge is 0.347 e. The molecule has 0 aliphatic carbocycles. The number of hydrogen-bond acceptors (Lipinski definition) is 6. The first-order valence-electron chi connectivity index (χ1n) is 8.28. The van der Waals surface area contributed by atoms with Crippen LogP contribution in [0.5, 0.6) is 0 Å². The standard InChI is InChI=1S/C18H22N6OS/c1-12-17(26-22-20-12)18(25)19-10-13-5-7-14(8-6-13)16-9-15(11-23(2)3)24(4)21-16/h5-9H,10-11H2,1-4H3,(H,19,25). The Morgan fingerprint density at radius 2 is 2.00 bits per heavy atom. The molecule has 0 atom stereocenters. The van der Waals surface area contributed by atoms with E-state index in [1.165, 1.54) is 0 Å². The first kappa shape index (κ1) is 18.2. The van der Waals surface area contributed by atoms with Crippen LogP contribution in [-0.4, -0.2) is 44.3 Å². The topological polar surface area (TPSA) is 75.9 Å². The van der Waals surface area contributed by atoms with Crippen molar-refractivity contribution in [2.24, 2.45) is 7.05 Å². The second-order valence-electron chi connectivity index (χ2n) is 6.45. The Kier molecular flexibility index (Phi) is 5.43. The van der Waals surface area contributed by atoms with Gasteiger partial charge in [-0.05, 0) is 44.2 Å². The van der Waals surface area contributed by atoms with Crippen molar-refractivity contribution in [1.82, 2.24) is 29.6 Å². The summed E-state index contributed by atoms with van der Waals surface area (Å²) in [5, 5.41) is 11.4. The molecule has 7 nitrogen and oxygen atoms in total. The molecule has 0 fully saturated rings. The quantitative estimate of drug-likeness (QED) is 0.720. The highest BCUT2D eigenvalue weighted by Crippen LogP contribution is 2.20. The Hall–Kier alpha value is -2.58. The molecule has 1 amide bonds. The third kappa shape index (κ3) is 4.14. The summed E-state index contributed by atoms with van der Waals surface area (Å²) < 4.78 is 5.70. The van der Waals surface area contributed by atoms with Crippen molar-refractivity contribution in [3.63, 3.8) is 0 Å². The first-order valence-corrected chi connectivity index (χ1v) is 9.05. The van der Waals surface area contributed by atoms with E-state index in [9.17, 15) is 4.79 Å². The van der Waals surface area contributed by atoms with Crippen molar-refractivity contribution >= 4 is 17.4 Å². The van der Waals surface area contributed by atoms with E-state index >= 15 is 0 Å². The number of rotatable bonds is 6. The normalized spacial score (nSPS) is 11.1. The average molecular weight is 370 g/mol. The van der Waals surface area contributed by atoms with Crippen LogP contribution in [0.4, 0.5) is 0 Å². The zero-order valence-electron chi connectivity index (χ0n) is 15.4. The van der Waals surface area contributed by atoms with E-state index in [2.05, 4.69) is 31.0 Å². The monoisotopic (exact) mass is 370 g/mol. The van der Waals surface area contributed by atoms with Gasteiger partial charge in [0, 0.05) is 25.7 Å². The molecule has 3 aromatic rings. The van der Waals surface area contributed by atoms with Gasteiger partial charge in [-0.2, -0.15) is 5.10 Å². The number of carbonyl (C=O) groups is 1. The van der Waals surface area contributed by atoms with Gasteiger partial charge in [-0.3, -0.25) is 9.48 Å². The molecule has 1 N–H and O–H groups in total. The van der Waals surface area contributed by atoms with E-state index in [1.54, 1.807) is 6.92 Å². The van der Waals surface area contributed by atoms with Gasteiger partial charge >= 0.3 is 0 Å². The predicted octanol–water partition coefficient (Wildman–Crippen LogP) is 2.24. The smallest absolute Gasteiger partial charge is 0.265 e. The molecule has 0 radical (unpaired) electrons. The summed E-state index contributed by atoms with van der Waals surface area (Å²) in [6.45, 7) is 3.09. The van der Waals surface area contributed by atoms with Gasteiger partial charge < -0.3 is 10.2 Å². The Morgan fingerprint density at radius 1 is 1.27 bits per heavy atom. The number of benzene rings is 1. The summed E-state index contributed by atoms with van der Waals surface area (Å²) in [5.41, 5.74) is 4.86. The van der Waals surface area contributed by atoms with Crippen LogP contribution in [0.15, 0.2) is 30.3 Å². The number of carbonyl (C=O) groups excluding carboxylic acids is 1. The van der Waals surface area contributed by atoms with E-state index in [1.807, 2.05) is 50.1 Å². The lowest BCUT2D eigenvalue weighted by molar-refractivity contribution is 0.0954. The van der Waals surface area contributed by atoms with Crippen LogP contribution in [-0.2, 0) is 20.1 Å². The highest BCUT2D eigenvalue weighted by molar-refractivity contribution is 7.07. The maximum absolute atomic E-state index is 12.1. The van der Waals surface area contributed by atoms with Crippen molar-refractivity contribution < 1.29 is 4.79 Å². The second kappa shape index (κ2) is 7.76. The van der Waals surface area contributed by atoms with Gasteiger partial charge in [0.05, 0.1) is 17.1 Å². The summed E-state index contributed by atoms with van der Waals surface area (Å²) in [5.74, 6) is -0.139. The lowest BCUT2D eigenvalue weighted by atomic mass is 10.1. The fourth-order valence-corrected chi connectivity index (χ4v) is 3.19. The number of aromatic nitrogens is 4. The molecule has 2 aromatic heterocycles. The van der Waals surface area contributed by atoms with Gasteiger partial charge in [0.15, 0.2) is 0 Å². The Bertz CT molecular complexity index is 897. The minimum absolute atomic E-state index is 0.139. The van der Waals surface area contributed by atoms with Crippen LogP contribution >= 0.6 is 11.5 Å². The lowest BCUT2D eigenvalue weighted by Gasteiger charge is -2.08. The van der Waals surface area contributed by atoms with Crippen LogP contribution in [0.2, 0.25) is 0 Å². The Morgan fingerprint density at radius 3 is 2.62 bits per heavy atom. The summed E-state index contributed by atoms with van der Waals surface area (Å²) in [7, 11) is 6.04. The molecule has 0 spiro atoms. The molecule has 26 heavy (non-hydrogen) atoms. The molecule has 0 aliphatic rings. The number of aryl methyl sites for hydroxylation is 2. The minimum Gasteiger partial charge on any atom is -0.347 e. The molecular weight excluding hydrogens is 348 g/mol. The van der Waals surface area contributed by atoms with Gasteiger partial charge in [0.1, 0.15) is 4.88 Å². The number of hydrogen-bond donors (Lipinski definition) is 1. The summed E-state index contributed by atoms with van der Waals surface area (Å²) in [6.07, 6.45) is 0. The molecular formula is C18H22N6OS. The van der Waals surface area contributed by atoms with Gasteiger partial charge in [-0.1, -0.05) is 28.8 Å². The second-order valence-corrected chi connectivity index (χ2v) is 7.20. The number of amides is 1. The summed E-state index contributed by atoms with van der Waals surface area (Å²) >= 11 is 1.11. The molecule has 0 saturated carbocycles. The maximum atomic E-state index is 12.1. The van der Waals surface area contributed by atoms with Crippen molar-refractivity contribution in [2.75, 3.05) is 14.1 Å². The van der Waals surface area contributed by atoms with Crippen LogP contribution in [0.1, 0.15) is 26.6 Å². The molecule has 136 valence electrons. The number of nitrogens with one attached hydrogen (secondary N) is 1. The van der Waals surface area contributed by atoms with E-state index in [-0.39, 0.29) is 5.91 Å². The molecule has 1 aromatic carbocycles. The predicted molar refractivity (Wildman–Crippen MR) is 102 cm³/mol. The van der Waals surface area contributed by atoms with E-state index in [4.69, 9.17) is 0 Å². The van der Waals surface area contributed by atoms with Gasteiger partial charge in [0.25, 0.3) is 5.91 Å². The molecule has 2 heterocycles. The van der Waals surface area contributed by atoms with Crippen molar-refractivity contribution in [2.45, 2.75) is 20.0 Å². The summed E-state index contributed by atoms with van der Waals surface area (Å²) in [6, 6.07) is 10.2. The lowest BCUT2D eigenvalue weighted by Crippen LogP contribution is -2.22. The van der Waals surface area contributed by atoms with Crippen molar-refractivity contribution in [3.05, 3.63) is 52.2 Å². The Balaban J connectivity index is 1.65. The molecule has 8 heteroatoms. The summed E-state index contributed by atoms with van der Waals surface area (Å²) in [4.78, 5) is 14.8. The fraction of sp³-hybridized carbons (Fsp3) is 0.333. The van der Waals surface area contributed by atoms with E-state index < -0.39 is 0 Å². The Labute approximate surface area is 156 Å². The average Bonchev–Trinajstić information content (AvgIpc) is 3.19. The van der Waals surface area contributed by atoms with Crippen LogP contribution < -0.4 is 5.32 Å². The molecule has 0 aliphatic heterocycles. The molecule has 3 rings (SSSR count). The van der Waals surface area contributed by atoms with Gasteiger partial charge in [0.2, 0.25) is 0 Å². The fourth-order valence-electron chi connectivity index (χ4n) is 2.61. The van der Waals surface area contributed by atoms with Crippen molar-refractivity contribution in [1.29, 1.82) is 0 Å². The van der Waals surface area contributed by atoms with Crippen LogP contribution in [0, 0.1) is 6.92 Å². The van der Waals surface area contributed by atoms with E-state index in [0.717, 1.165) is 40.6 Å². The van der Waals surface area contributed by atoms with Gasteiger partial charge in [-0.25, -0.2) is 0 Å². The van der Waals surface area contributed by atoms with Gasteiger partial charge in [-0.15, -0.1) is 5.10 Å². The molecule has 0 unspecified atom stereocenters. The van der Waals surface area contributed by atoms with Crippen molar-refractivity contribution in [3.8, 4) is 11.3 Å². The third-order valence-electron chi connectivity index (χ3n) is 4.02. The third-order valence-corrected chi connectivity index (χ3v) is 4.84. The molecule has 0 saturated heterocycles. The number of nitrogens with zero attached hydrogens (tertiary/aromatic N) is 5. The maximum Gasteiger partial charge on any atom is 0.265 e.